The highest BCUT2D eigenvalue weighted by Gasteiger charge is 2.39. The minimum atomic E-state index is -3.34. The predicted molar refractivity (Wildman–Crippen MR) is 99.5 cm³/mol. The van der Waals surface area contributed by atoms with Crippen LogP contribution in [0.25, 0.3) is 0 Å². The lowest BCUT2D eigenvalue weighted by Crippen LogP contribution is -2.46. The van der Waals surface area contributed by atoms with Gasteiger partial charge in [-0.25, -0.2) is 17.7 Å². The maximum atomic E-state index is 12.5. The largest absolute Gasteiger partial charge is 0.391 e. The van der Waals surface area contributed by atoms with Crippen molar-refractivity contribution in [2.24, 2.45) is 5.92 Å². The molecule has 2 atom stereocenters. The van der Waals surface area contributed by atoms with E-state index >= 15 is 0 Å². The Morgan fingerprint density at radius 1 is 1.26 bits per heavy atom. The van der Waals surface area contributed by atoms with Crippen LogP contribution in [0.5, 0.6) is 0 Å². The maximum Gasteiger partial charge on any atom is 0.274 e. The highest BCUT2D eigenvalue weighted by atomic mass is 32.2. The van der Waals surface area contributed by atoms with E-state index in [1.54, 1.807) is 4.90 Å². The molecule has 0 aromatic carbocycles. The molecule has 9 nitrogen and oxygen atoms in total. The second kappa shape index (κ2) is 8.17. The van der Waals surface area contributed by atoms with E-state index in [1.807, 2.05) is 0 Å². The second-order valence-corrected chi connectivity index (χ2v) is 9.68. The van der Waals surface area contributed by atoms with Crippen LogP contribution in [0.3, 0.4) is 0 Å². The van der Waals surface area contributed by atoms with Gasteiger partial charge >= 0.3 is 0 Å². The fourth-order valence-corrected chi connectivity index (χ4v) is 4.94. The van der Waals surface area contributed by atoms with Crippen LogP contribution in [0.2, 0.25) is 0 Å². The topological polar surface area (TPSA) is 107 Å². The summed E-state index contributed by atoms with van der Waals surface area (Å²) in [6.45, 7) is 2.29. The molecule has 150 valence electrons. The number of β-amino-alcohol motifs (C(OH)–C–C–N with tert-alkyl or cyclic N) is 1. The van der Waals surface area contributed by atoms with Crippen molar-refractivity contribution in [3.63, 3.8) is 0 Å². The van der Waals surface area contributed by atoms with E-state index in [1.165, 1.54) is 37.0 Å². The molecule has 2 aliphatic rings. The van der Waals surface area contributed by atoms with Gasteiger partial charge in [-0.2, -0.15) is 0 Å². The van der Waals surface area contributed by atoms with E-state index in [-0.39, 0.29) is 23.6 Å². The zero-order valence-corrected chi connectivity index (χ0v) is 16.5. The summed E-state index contributed by atoms with van der Waals surface area (Å²) in [5, 5.41) is 10.3. The van der Waals surface area contributed by atoms with Crippen LogP contribution in [-0.2, 0) is 10.0 Å². The Kier molecular flexibility index (Phi) is 6.09. The summed E-state index contributed by atoms with van der Waals surface area (Å²) in [7, 11) is -0.314. The molecule has 1 amide bonds. The lowest BCUT2D eigenvalue weighted by Gasteiger charge is -2.36. The van der Waals surface area contributed by atoms with Crippen LogP contribution in [0, 0.1) is 5.92 Å². The number of likely N-dealkylation sites (tertiary alicyclic amines) is 2. The lowest BCUT2D eigenvalue weighted by molar-refractivity contribution is 0.0621. The molecular weight excluding hydrogens is 370 g/mol. The van der Waals surface area contributed by atoms with Crippen molar-refractivity contribution >= 4 is 15.9 Å². The molecule has 1 aromatic rings. The summed E-state index contributed by atoms with van der Waals surface area (Å²) in [5.41, 5.74) is 0.349. The zero-order valence-electron chi connectivity index (χ0n) is 15.7. The first-order valence-corrected chi connectivity index (χ1v) is 10.8. The third kappa shape index (κ3) is 4.63. The van der Waals surface area contributed by atoms with Crippen LogP contribution < -0.4 is 0 Å². The van der Waals surface area contributed by atoms with Gasteiger partial charge in [0.2, 0.25) is 10.0 Å². The molecule has 1 aromatic heterocycles. The quantitative estimate of drug-likeness (QED) is 0.698. The molecule has 0 saturated carbocycles. The number of amides is 1. The van der Waals surface area contributed by atoms with Crippen molar-refractivity contribution in [3.05, 3.63) is 24.3 Å². The SMILES string of the molecule is CN(C)S(=O)(=O)C[C@@H]1CN(C2CCN(C(=O)c3cnccn3)CC2)C[C@H]1O. The van der Waals surface area contributed by atoms with Crippen molar-refractivity contribution in [3.8, 4) is 0 Å². The Balaban J connectivity index is 1.54. The molecular formula is C17H27N5O4S. The zero-order chi connectivity index (χ0) is 19.6. The van der Waals surface area contributed by atoms with Crippen LogP contribution in [-0.4, -0.2) is 102 Å². The lowest BCUT2D eigenvalue weighted by atomic mass is 10.0. The minimum absolute atomic E-state index is 0.0400. The number of hydrogen-bond donors (Lipinski definition) is 1. The summed E-state index contributed by atoms with van der Waals surface area (Å²) >= 11 is 0. The average Bonchev–Trinajstić information content (AvgIpc) is 3.02. The van der Waals surface area contributed by atoms with E-state index in [0.717, 1.165) is 12.8 Å². The summed E-state index contributed by atoms with van der Waals surface area (Å²) in [5.74, 6) is -0.434. The van der Waals surface area contributed by atoms with Gasteiger partial charge in [-0.1, -0.05) is 0 Å². The normalized spacial score (nSPS) is 25.3. The summed E-state index contributed by atoms with van der Waals surface area (Å²) < 4.78 is 25.4. The molecule has 10 heteroatoms. The van der Waals surface area contributed by atoms with Gasteiger partial charge in [0.15, 0.2) is 0 Å². The fourth-order valence-electron chi connectivity index (χ4n) is 3.77. The molecule has 0 aliphatic carbocycles. The van der Waals surface area contributed by atoms with Gasteiger partial charge < -0.3 is 10.0 Å². The van der Waals surface area contributed by atoms with Crippen molar-refractivity contribution in [2.75, 3.05) is 46.0 Å². The molecule has 0 unspecified atom stereocenters. The van der Waals surface area contributed by atoms with E-state index in [2.05, 4.69) is 14.9 Å². The third-order valence-corrected chi connectivity index (χ3v) is 7.43. The number of aliphatic hydroxyl groups is 1. The van der Waals surface area contributed by atoms with Gasteiger partial charge in [-0.3, -0.25) is 14.7 Å². The van der Waals surface area contributed by atoms with Gasteiger partial charge in [0.25, 0.3) is 5.91 Å². The Morgan fingerprint density at radius 2 is 1.96 bits per heavy atom. The van der Waals surface area contributed by atoms with Crippen LogP contribution in [0.4, 0.5) is 0 Å². The number of nitrogens with zero attached hydrogens (tertiary/aromatic N) is 5. The van der Waals surface area contributed by atoms with E-state index in [4.69, 9.17) is 0 Å². The molecule has 2 aliphatic heterocycles. The molecule has 27 heavy (non-hydrogen) atoms. The van der Waals surface area contributed by atoms with Gasteiger partial charge in [0.05, 0.1) is 18.1 Å². The van der Waals surface area contributed by atoms with E-state index in [0.29, 0.717) is 31.9 Å². The number of carbonyl (C=O) groups is 1. The molecule has 2 saturated heterocycles. The van der Waals surface area contributed by atoms with Crippen LogP contribution in [0.1, 0.15) is 23.3 Å². The first kappa shape index (κ1) is 20.1. The van der Waals surface area contributed by atoms with Gasteiger partial charge in [-0.05, 0) is 12.8 Å². The minimum Gasteiger partial charge on any atom is -0.391 e. The molecule has 0 radical (unpaired) electrons. The average molecular weight is 398 g/mol. The van der Waals surface area contributed by atoms with Gasteiger partial charge in [0.1, 0.15) is 5.69 Å². The maximum absolute atomic E-state index is 12.5. The van der Waals surface area contributed by atoms with Gasteiger partial charge in [-0.15, -0.1) is 0 Å². The Bertz CT molecular complexity index is 750. The smallest absolute Gasteiger partial charge is 0.274 e. The molecule has 3 rings (SSSR count). The number of aromatic nitrogens is 2. The van der Waals surface area contributed by atoms with Crippen LogP contribution >= 0.6 is 0 Å². The molecule has 2 fully saturated rings. The van der Waals surface area contributed by atoms with Crippen molar-refractivity contribution in [2.45, 2.75) is 25.0 Å². The summed E-state index contributed by atoms with van der Waals surface area (Å²) in [6.07, 6.45) is 5.47. The van der Waals surface area contributed by atoms with Crippen molar-refractivity contribution in [1.82, 2.24) is 24.1 Å². The second-order valence-electron chi connectivity index (χ2n) is 7.46. The number of carbonyl (C=O) groups excluding carboxylic acids is 1. The monoisotopic (exact) mass is 397 g/mol. The molecule has 3 heterocycles. The van der Waals surface area contributed by atoms with E-state index < -0.39 is 16.1 Å². The first-order valence-electron chi connectivity index (χ1n) is 9.15. The number of sulfonamides is 1. The highest BCUT2D eigenvalue weighted by Crippen LogP contribution is 2.26. The van der Waals surface area contributed by atoms with Crippen molar-refractivity contribution < 1.29 is 18.3 Å². The number of aliphatic hydroxyl groups excluding tert-OH is 1. The van der Waals surface area contributed by atoms with Crippen LogP contribution in [0.15, 0.2) is 18.6 Å². The Hall–Kier alpha value is -1.62. The van der Waals surface area contributed by atoms with Crippen molar-refractivity contribution in [1.29, 1.82) is 0 Å². The van der Waals surface area contributed by atoms with Gasteiger partial charge in [0, 0.05) is 64.6 Å². The third-order valence-electron chi connectivity index (χ3n) is 5.47. The predicted octanol–water partition coefficient (Wildman–Crippen LogP) is -0.735. The Morgan fingerprint density at radius 3 is 2.56 bits per heavy atom. The standard InChI is InChI=1S/C17H27N5O4S/c1-20(2)27(25,26)12-13-10-22(11-16(13)23)14-3-7-21(8-4-14)17(24)15-9-18-5-6-19-15/h5-6,9,13-14,16,23H,3-4,7-8,10-12H2,1-2H3/t13-,16+/m0/s1. The number of hydrogen-bond acceptors (Lipinski definition) is 7. The van der Waals surface area contributed by atoms with E-state index in [9.17, 15) is 18.3 Å². The summed E-state index contributed by atoms with van der Waals surface area (Å²) in [6, 6.07) is 0.248. The molecule has 0 spiro atoms. The fraction of sp³-hybridized carbons (Fsp3) is 0.706. The Labute approximate surface area is 160 Å². The molecule has 0 bridgehead atoms. The number of piperidine rings is 1. The first-order chi connectivity index (χ1) is 12.8. The molecule has 1 N–H and O–H groups in total. The number of rotatable bonds is 5. The summed E-state index contributed by atoms with van der Waals surface area (Å²) in [4.78, 5) is 24.4. The highest BCUT2D eigenvalue weighted by molar-refractivity contribution is 7.89.